The Morgan fingerprint density at radius 2 is 1.93 bits per heavy atom. The molecule has 0 spiro atoms. The largest absolute Gasteiger partial charge is 0.319 e. The Bertz CT molecular complexity index is 359. The molecule has 1 aromatic carbocycles. The lowest BCUT2D eigenvalue weighted by atomic mass is 10.1. The van der Waals surface area contributed by atoms with E-state index in [1.165, 1.54) is 11.4 Å². The molecule has 1 atom stereocenters. The fraction of sp³-hybridized carbons (Fsp3) is 0.333. The van der Waals surface area contributed by atoms with Crippen molar-refractivity contribution < 1.29 is 0 Å². The van der Waals surface area contributed by atoms with Crippen molar-refractivity contribution in [3.8, 4) is 0 Å². The summed E-state index contributed by atoms with van der Waals surface area (Å²) in [6, 6.07) is 10.3. The van der Waals surface area contributed by atoms with Crippen molar-refractivity contribution in [2.75, 3.05) is 4.90 Å². The minimum atomic E-state index is 0.0183. The van der Waals surface area contributed by atoms with Crippen LogP contribution in [-0.4, -0.2) is 5.50 Å². The third-order valence-corrected chi connectivity index (χ3v) is 3.35. The summed E-state index contributed by atoms with van der Waals surface area (Å²) >= 11 is 1.68. The average molecular weight is 220 g/mol. The van der Waals surface area contributed by atoms with Crippen LogP contribution in [0.1, 0.15) is 13.8 Å². The van der Waals surface area contributed by atoms with E-state index in [0.717, 1.165) is 0 Å². The number of thioether (sulfide) groups is 1. The summed E-state index contributed by atoms with van der Waals surface area (Å²) in [6.45, 7) is 4.39. The van der Waals surface area contributed by atoms with Gasteiger partial charge in [0.25, 0.3) is 0 Å². The number of benzene rings is 1. The van der Waals surface area contributed by atoms with Crippen LogP contribution in [-0.2, 0) is 0 Å². The van der Waals surface area contributed by atoms with Crippen LogP contribution in [0.25, 0.3) is 0 Å². The Hall–Kier alpha value is -0.930. The number of allylic oxidation sites excluding steroid dienone is 1. The maximum Gasteiger partial charge on any atom is 0.133 e. The summed E-state index contributed by atoms with van der Waals surface area (Å²) in [7, 11) is 0. The fourth-order valence-corrected chi connectivity index (χ4v) is 2.73. The molecule has 0 bridgehead atoms. The molecule has 1 aliphatic heterocycles. The van der Waals surface area contributed by atoms with Gasteiger partial charge in [0.2, 0.25) is 0 Å². The maximum atomic E-state index is 6.08. The molecule has 0 amide bonds. The van der Waals surface area contributed by atoms with Crippen molar-refractivity contribution >= 4 is 17.4 Å². The van der Waals surface area contributed by atoms with Gasteiger partial charge >= 0.3 is 0 Å². The minimum Gasteiger partial charge on any atom is -0.319 e. The summed E-state index contributed by atoms with van der Waals surface area (Å²) < 4.78 is 0. The van der Waals surface area contributed by atoms with E-state index >= 15 is 0 Å². The molecule has 0 fully saturated rings. The fourth-order valence-electron chi connectivity index (χ4n) is 1.70. The smallest absolute Gasteiger partial charge is 0.133 e. The number of nitrogens with zero attached hydrogens (tertiary/aromatic N) is 1. The molecule has 0 aromatic heterocycles. The third-order valence-electron chi connectivity index (χ3n) is 2.49. The lowest BCUT2D eigenvalue weighted by molar-refractivity contribution is 0.706. The van der Waals surface area contributed by atoms with Gasteiger partial charge in [0.15, 0.2) is 0 Å². The second kappa shape index (κ2) is 4.29. The van der Waals surface area contributed by atoms with Crippen molar-refractivity contribution in [3.63, 3.8) is 0 Å². The molecule has 3 heteroatoms. The first-order chi connectivity index (χ1) is 7.20. The van der Waals surface area contributed by atoms with Gasteiger partial charge < -0.3 is 10.6 Å². The van der Waals surface area contributed by atoms with E-state index in [1.807, 2.05) is 18.2 Å². The predicted octanol–water partition coefficient (Wildman–Crippen LogP) is 2.98. The minimum absolute atomic E-state index is 0.0183. The maximum absolute atomic E-state index is 6.08. The first-order valence-electron chi connectivity index (χ1n) is 5.15. The Balaban J connectivity index is 2.31. The molecule has 0 aliphatic carbocycles. The zero-order valence-corrected chi connectivity index (χ0v) is 9.87. The molecule has 2 rings (SSSR count). The molecule has 2 N–H and O–H groups in total. The lowest BCUT2D eigenvalue weighted by Gasteiger charge is -2.28. The van der Waals surface area contributed by atoms with E-state index in [9.17, 15) is 0 Å². The van der Waals surface area contributed by atoms with E-state index in [1.54, 1.807) is 11.8 Å². The summed E-state index contributed by atoms with van der Waals surface area (Å²) in [5, 5.41) is 2.17. The number of hydrogen-bond donors (Lipinski definition) is 1. The summed E-state index contributed by atoms with van der Waals surface area (Å²) in [6.07, 6.45) is 0. The van der Waals surface area contributed by atoms with Gasteiger partial charge in [-0.25, -0.2) is 0 Å². The van der Waals surface area contributed by atoms with Crippen molar-refractivity contribution in [2.24, 2.45) is 11.7 Å². The van der Waals surface area contributed by atoms with E-state index in [0.29, 0.717) is 5.92 Å². The molecule has 0 saturated carbocycles. The zero-order chi connectivity index (χ0) is 10.8. The lowest BCUT2D eigenvalue weighted by Crippen LogP contribution is -2.36. The molecule has 1 unspecified atom stereocenters. The van der Waals surface area contributed by atoms with Gasteiger partial charge in [0, 0.05) is 11.4 Å². The SMILES string of the molecule is CC(C)C1=CSC(N)N1c1ccccc1. The van der Waals surface area contributed by atoms with Crippen LogP contribution in [0.2, 0.25) is 0 Å². The summed E-state index contributed by atoms with van der Waals surface area (Å²) in [5.74, 6) is 0.506. The van der Waals surface area contributed by atoms with E-state index in [2.05, 4.69) is 36.3 Å². The summed E-state index contributed by atoms with van der Waals surface area (Å²) in [5.41, 5.74) is 8.57. The molecular formula is C12H16N2S. The van der Waals surface area contributed by atoms with Crippen molar-refractivity contribution in [3.05, 3.63) is 41.4 Å². The Kier molecular flexibility index (Phi) is 3.03. The molecular weight excluding hydrogens is 204 g/mol. The molecule has 2 nitrogen and oxygen atoms in total. The monoisotopic (exact) mass is 220 g/mol. The molecule has 0 saturated heterocycles. The van der Waals surface area contributed by atoms with Gasteiger partial charge in [-0.3, -0.25) is 0 Å². The van der Waals surface area contributed by atoms with E-state index in [-0.39, 0.29) is 5.50 Å². The number of nitrogens with two attached hydrogens (primary N) is 1. The second-order valence-electron chi connectivity index (χ2n) is 3.93. The molecule has 1 aromatic rings. The van der Waals surface area contributed by atoms with Gasteiger partial charge in [0.05, 0.1) is 0 Å². The van der Waals surface area contributed by atoms with Gasteiger partial charge in [-0.05, 0) is 23.5 Å². The van der Waals surface area contributed by atoms with Gasteiger partial charge in [-0.15, -0.1) is 0 Å². The molecule has 15 heavy (non-hydrogen) atoms. The Labute approximate surface area is 95.1 Å². The van der Waals surface area contributed by atoms with Crippen molar-refractivity contribution in [2.45, 2.75) is 19.3 Å². The van der Waals surface area contributed by atoms with Crippen molar-refractivity contribution in [1.82, 2.24) is 0 Å². The van der Waals surface area contributed by atoms with Crippen LogP contribution in [0, 0.1) is 5.92 Å². The molecule has 1 aliphatic rings. The molecule has 80 valence electrons. The van der Waals surface area contributed by atoms with Gasteiger partial charge in [-0.2, -0.15) is 0 Å². The number of para-hydroxylation sites is 1. The third kappa shape index (κ3) is 2.03. The normalized spacial score (nSPS) is 20.9. The first kappa shape index (κ1) is 10.6. The topological polar surface area (TPSA) is 29.3 Å². The van der Waals surface area contributed by atoms with Gasteiger partial charge in [-0.1, -0.05) is 43.8 Å². The van der Waals surface area contributed by atoms with Crippen LogP contribution in [0.3, 0.4) is 0 Å². The number of hydrogen-bond acceptors (Lipinski definition) is 3. The predicted molar refractivity (Wildman–Crippen MR) is 67.4 cm³/mol. The number of anilines is 1. The standard InChI is InChI=1S/C12H16N2S/c1-9(2)11-8-15-12(13)14(11)10-6-4-3-5-7-10/h3-9,12H,13H2,1-2H3. The van der Waals surface area contributed by atoms with Crippen LogP contribution in [0.15, 0.2) is 41.4 Å². The van der Waals surface area contributed by atoms with E-state index in [4.69, 9.17) is 5.73 Å². The average Bonchev–Trinajstić information content (AvgIpc) is 2.61. The van der Waals surface area contributed by atoms with Crippen LogP contribution in [0.5, 0.6) is 0 Å². The Morgan fingerprint density at radius 1 is 1.27 bits per heavy atom. The van der Waals surface area contributed by atoms with Gasteiger partial charge in [0.1, 0.15) is 5.50 Å². The van der Waals surface area contributed by atoms with Crippen molar-refractivity contribution in [1.29, 1.82) is 0 Å². The highest BCUT2D eigenvalue weighted by Crippen LogP contribution is 2.36. The quantitative estimate of drug-likeness (QED) is 0.831. The highest BCUT2D eigenvalue weighted by atomic mass is 32.2. The molecule has 1 heterocycles. The van der Waals surface area contributed by atoms with Crippen LogP contribution < -0.4 is 10.6 Å². The highest BCUT2D eigenvalue weighted by Gasteiger charge is 2.26. The first-order valence-corrected chi connectivity index (χ1v) is 6.10. The number of rotatable bonds is 2. The highest BCUT2D eigenvalue weighted by molar-refractivity contribution is 8.03. The van der Waals surface area contributed by atoms with Crippen LogP contribution in [0.4, 0.5) is 5.69 Å². The summed E-state index contributed by atoms with van der Waals surface area (Å²) in [4.78, 5) is 2.20. The van der Waals surface area contributed by atoms with Crippen LogP contribution >= 0.6 is 11.8 Å². The van der Waals surface area contributed by atoms with E-state index < -0.39 is 0 Å². The zero-order valence-electron chi connectivity index (χ0n) is 9.05. The Morgan fingerprint density at radius 3 is 2.53 bits per heavy atom. The second-order valence-corrected chi connectivity index (χ2v) is 4.92. The molecule has 0 radical (unpaired) electrons.